The largest absolute Gasteiger partial charge is 0.388 e. The average molecular weight is 463 g/mol. The van der Waals surface area contributed by atoms with E-state index in [1.165, 1.54) is 0 Å². The van der Waals surface area contributed by atoms with Gasteiger partial charge in [-0.15, -0.1) is 0 Å². The van der Waals surface area contributed by atoms with Crippen molar-refractivity contribution in [3.05, 3.63) is 0 Å². The van der Waals surface area contributed by atoms with Crippen molar-refractivity contribution in [3.8, 4) is 0 Å². The van der Waals surface area contributed by atoms with Crippen molar-refractivity contribution >= 4 is 0 Å². The molecule has 0 radical (unpaired) electrons. The van der Waals surface area contributed by atoms with Crippen LogP contribution in [-0.4, -0.2) is 75.8 Å². The van der Waals surface area contributed by atoms with Crippen LogP contribution in [-0.2, 0) is 23.7 Å². The molecule has 0 aliphatic rings. The predicted molar refractivity (Wildman–Crippen MR) is 131 cm³/mol. The SMILES string of the molecule is CCCCOC[C@H](OCCCC)C(OCCCC)C(OCCCC)[C@@H](O)COCCCC. The molecule has 0 aromatic rings. The summed E-state index contributed by atoms with van der Waals surface area (Å²) in [5.74, 6) is 0. The summed E-state index contributed by atoms with van der Waals surface area (Å²) < 4.78 is 30.5. The van der Waals surface area contributed by atoms with Crippen LogP contribution in [0.1, 0.15) is 98.8 Å². The summed E-state index contributed by atoms with van der Waals surface area (Å²) in [7, 11) is 0. The molecule has 1 N–H and O–H groups in total. The number of hydrogen-bond acceptors (Lipinski definition) is 6. The maximum absolute atomic E-state index is 11.0. The van der Waals surface area contributed by atoms with Crippen LogP contribution in [0, 0.1) is 0 Å². The molecule has 6 heteroatoms. The average Bonchev–Trinajstić information content (AvgIpc) is 2.80. The van der Waals surface area contributed by atoms with Crippen LogP contribution in [0.4, 0.5) is 0 Å². The van der Waals surface area contributed by atoms with Gasteiger partial charge in [0.05, 0.1) is 13.2 Å². The van der Waals surface area contributed by atoms with Gasteiger partial charge in [-0.3, -0.25) is 0 Å². The van der Waals surface area contributed by atoms with Gasteiger partial charge in [-0.25, -0.2) is 0 Å². The highest BCUT2D eigenvalue weighted by Gasteiger charge is 2.37. The lowest BCUT2D eigenvalue weighted by atomic mass is 10.0. The molecule has 6 nitrogen and oxygen atoms in total. The van der Waals surface area contributed by atoms with E-state index in [2.05, 4.69) is 34.6 Å². The van der Waals surface area contributed by atoms with Crippen LogP contribution >= 0.6 is 0 Å². The van der Waals surface area contributed by atoms with E-state index in [4.69, 9.17) is 23.7 Å². The Balaban J connectivity index is 5.42. The second kappa shape index (κ2) is 23.9. The summed E-state index contributed by atoms with van der Waals surface area (Å²) in [4.78, 5) is 0. The summed E-state index contributed by atoms with van der Waals surface area (Å²) >= 11 is 0. The number of aliphatic hydroxyl groups excluding tert-OH is 1. The normalized spacial score (nSPS) is 15.6. The fourth-order valence-corrected chi connectivity index (χ4v) is 3.17. The summed E-state index contributed by atoms with van der Waals surface area (Å²) in [6.07, 6.45) is 8.22. The van der Waals surface area contributed by atoms with Crippen molar-refractivity contribution in [2.45, 2.75) is 123 Å². The Kier molecular flexibility index (Phi) is 23.7. The summed E-state index contributed by atoms with van der Waals surface area (Å²) in [5.41, 5.74) is 0. The van der Waals surface area contributed by atoms with E-state index in [1.807, 2.05) is 0 Å². The molecule has 0 fully saturated rings. The Morgan fingerprint density at radius 2 is 0.906 bits per heavy atom. The minimum absolute atomic E-state index is 0.239. The summed E-state index contributed by atoms with van der Waals surface area (Å²) in [6.45, 7) is 14.6. The Hall–Kier alpha value is -0.240. The van der Waals surface area contributed by atoms with Crippen LogP contribution in [0.15, 0.2) is 0 Å². The van der Waals surface area contributed by atoms with Crippen LogP contribution in [0.25, 0.3) is 0 Å². The molecule has 0 aliphatic heterocycles. The summed E-state index contributed by atoms with van der Waals surface area (Å²) in [5, 5.41) is 11.0. The Labute approximate surface area is 198 Å². The molecule has 194 valence electrons. The van der Waals surface area contributed by atoms with E-state index < -0.39 is 18.3 Å². The van der Waals surface area contributed by atoms with Gasteiger partial charge in [0, 0.05) is 33.0 Å². The molecule has 4 atom stereocenters. The van der Waals surface area contributed by atoms with Crippen LogP contribution in [0.2, 0.25) is 0 Å². The van der Waals surface area contributed by atoms with Crippen molar-refractivity contribution in [2.75, 3.05) is 46.2 Å². The van der Waals surface area contributed by atoms with Crippen molar-refractivity contribution in [2.24, 2.45) is 0 Å². The second-order valence-corrected chi connectivity index (χ2v) is 8.56. The lowest BCUT2D eigenvalue weighted by Gasteiger charge is -2.36. The number of ether oxygens (including phenoxy) is 5. The molecular formula is C26H54O6. The highest BCUT2D eigenvalue weighted by Crippen LogP contribution is 2.19. The first kappa shape index (κ1) is 31.8. The zero-order chi connectivity index (χ0) is 23.9. The highest BCUT2D eigenvalue weighted by molar-refractivity contribution is 4.85. The van der Waals surface area contributed by atoms with E-state index >= 15 is 0 Å². The zero-order valence-corrected chi connectivity index (χ0v) is 21.8. The van der Waals surface area contributed by atoms with Crippen LogP contribution in [0.5, 0.6) is 0 Å². The first-order valence-electron chi connectivity index (χ1n) is 13.3. The monoisotopic (exact) mass is 462 g/mol. The molecule has 0 heterocycles. The molecule has 0 aromatic heterocycles. The Morgan fingerprint density at radius 3 is 1.41 bits per heavy atom. The maximum atomic E-state index is 11.0. The van der Waals surface area contributed by atoms with Gasteiger partial charge in [0.1, 0.15) is 24.4 Å². The van der Waals surface area contributed by atoms with Gasteiger partial charge < -0.3 is 28.8 Å². The summed E-state index contributed by atoms with van der Waals surface area (Å²) in [6, 6.07) is 0. The smallest absolute Gasteiger partial charge is 0.115 e. The predicted octanol–water partition coefficient (Wildman–Crippen LogP) is 5.54. The first-order chi connectivity index (χ1) is 15.7. The molecule has 0 bridgehead atoms. The fraction of sp³-hybridized carbons (Fsp3) is 1.00. The molecule has 32 heavy (non-hydrogen) atoms. The van der Waals surface area contributed by atoms with Gasteiger partial charge in [0.25, 0.3) is 0 Å². The molecule has 0 spiro atoms. The van der Waals surface area contributed by atoms with Gasteiger partial charge in [0.15, 0.2) is 0 Å². The first-order valence-corrected chi connectivity index (χ1v) is 13.3. The topological polar surface area (TPSA) is 66.4 Å². The van der Waals surface area contributed by atoms with Gasteiger partial charge in [0.2, 0.25) is 0 Å². The van der Waals surface area contributed by atoms with E-state index in [-0.39, 0.29) is 12.7 Å². The molecule has 0 amide bonds. The standard InChI is InChI=1S/C26H54O6/c1-6-11-16-28-21-23(27)25(31-19-14-9-4)26(32-20-15-10-5)24(30-18-13-8-3)22-29-17-12-7-2/h23-27H,6-22H2,1-5H3/t23-,24-,25?,26?/m0/s1. The quantitative estimate of drug-likeness (QED) is 0.180. The molecule has 0 saturated carbocycles. The van der Waals surface area contributed by atoms with Crippen LogP contribution < -0.4 is 0 Å². The molecule has 0 saturated heterocycles. The van der Waals surface area contributed by atoms with Crippen molar-refractivity contribution in [1.82, 2.24) is 0 Å². The van der Waals surface area contributed by atoms with Gasteiger partial charge in [-0.2, -0.15) is 0 Å². The van der Waals surface area contributed by atoms with E-state index in [1.54, 1.807) is 0 Å². The zero-order valence-electron chi connectivity index (χ0n) is 21.8. The number of rotatable bonds is 25. The second-order valence-electron chi connectivity index (χ2n) is 8.56. The third-order valence-electron chi connectivity index (χ3n) is 5.37. The minimum atomic E-state index is -0.775. The molecular weight excluding hydrogens is 408 g/mol. The van der Waals surface area contributed by atoms with Crippen molar-refractivity contribution in [3.63, 3.8) is 0 Å². The van der Waals surface area contributed by atoms with E-state index in [0.717, 1.165) is 64.2 Å². The lowest BCUT2D eigenvalue weighted by molar-refractivity contribution is -0.188. The lowest BCUT2D eigenvalue weighted by Crippen LogP contribution is -2.52. The molecule has 0 aliphatic carbocycles. The Bertz CT molecular complexity index is 368. The highest BCUT2D eigenvalue weighted by atomic mass is 16.6. The Morgan fingerprint density at radius 1 is 0.500 bits per heavy atom. The van der Waals surface area contributed by atoms with Crippen molar-refractivity contribution < 1.29 is 28.8 Å². The molecule has 0 rings (SSSR count). The molecule has 0 aromatic carbocycles. The number of aliphatic hydroxyl groups is 1. The number of unbranched alkanes of at least 4 members (excludes halogenated alkanes) is 5. The van der Waals surface area contributed by atoms with E-state index in [9.17, 15) is 5.11 Å². The van der Waals surface area contributed by atoms with Gasteiger partial charge >= 0.3 is 0 Å². The maximum Gasteiger partial charge on any atom is 0.115 e. The third-order valence-corrected chi connectivity index (χ3v) is 5.37. The fourth-order valence-electron chi connectivity index (χ4n) is 3.17. The number of hydrogen-bond donors (Lipinski definition) is 1. The molecule has 2 unspecified atom stereocenters. The minimum Gasteiger partial charge on any atom is -0.388 e. The van der Waals surface area contributed by atoms with Gasteiger partial charge in [-0.05, 0) is 32.1 Å². The third kappa shape index (κ3) is 16.4. The van der Waals surface area contributed by atoms with Crippen molar-refractivity contribution in [1.29, 1.82) is 0 Å². The van der Waals surface area contributed by atoms with E-state index in [0.29, 0.717) is 39.6 Å². The van der Waals surface area contributed by atoms with Crippen LogP contribution in [0.3, 0.4) is 0 Å². The van der Waals surface area contributed by atoms with Gasteiger partial charge in [-0.1, -0.05) is 66.7 Å².